The number of nitrogens with zero attached hydrogens (tertiary/aromatic N) is 2. The van der Waals surface area contributed by atoms with Gasteiger partial charge in [0.05, 0.1) is 42.3 Å². The molecule has 0 aliphatic carbocycles. The fraction of sp³-hybridized carbons (Fsp3) is 0.115. The maximum atomic E-state index is 12.7. The minimum absolute atomic E-state index is 0.250. The van der Waals surface area contributed by atoms with Crippen LogP contribution in [-0.4, -0.2) is 34.2 Å². The summed E-state index contributed by atoms with van der Waals surface area (Å²) in [5.41, 5.74) is 3.78. The molecule has 3 aromatic carbocycles. The summed E-state index contributed by atoms with van der Waals surface area (Å²) < 4.78 is 10.7. The van der Waals surface area contributed by atoms with Crippen molar-refractivity contribution in [1.82, 2.24) is 19.9 Å². The SMILES string of the molecule is COc1cc2nc(CSc3nc(-c4ccc(Cl)cc4)c(-c4ccc(Cl)cc4)[nH]3)[nH]c(=O)c2cc1OC. The monoisotopic (exact) mass is 538 g/mol. The number of hydrogen-bond donors (Lipinski definition) is 2. The van der Waals surface area contributed by atoms with Gasteiger partial charge in [0.25, 0.3) is 5.56 Å². The minimum atomic E-state index is -0.250. The van der Waals surface area contributed by atoms with Crippen molar-refractivity contribution in [3.05, 3.63) is 86.9 Å². The summed E-state index contributed by atoms with van der Waals surface area (Å²) in [6.45, 7) is 0. The van der Waals surface area contributed by atoms with Crippen molar-refractivity contribution in [3.8, 4) is 34.0 Å². The summed E-state index contributed by atoms with van der Waals surface area (Å²) in [6, 6.07) is 18.4. The fourth-order valence-corrected chi connectivity index (χ4v) is 4.77. The molecule has 7 nitrogen and oxygen atoms in total. The molecule has 0 aliphatic rings. The molecule has 0 fully saturated rings. The Kier molecular flexibility index (Phi) is 6.91. The number of imidazole rings is 1. The number of thioether (sulfide) groups is 1. The molecule has 2 aromatic heterocycles. The van der Waals surface area contributed by atoms with Gasteiger partial charge in [-0.1, -0.05) is 59.2 Å². The lowest BCUT2D eigenvalue weighted by molar-refractivity contribution is 0.355. The van der Waals surface area contributed by atoms with Crippen molar-refractivity contribution >= 4 is 45.9 Å². The number of hydrogen-bond acceptors (Lipinski definition) is 6. The van der Waals surface area contributed by atoms with Crippen LogP contribution in [0.1, 0.15) is 5.82 Å². The van der Waals surface area contributed by atoms with Crippen LogP contribution < -0.4 is 15.0 Å². The quantitative estimate of drug-likeness (QED) is 0.227. The second-order valence-corrected chi connectivity index (χ2v) is 9.64. The Hall–Kier alpha value is -3.46. The second kappa shape index (κ2) is 10.3. The number of rotatable bonds is 7. The third-order valence-corrected chi connectivity index (χ3v) is 6.93. The van der Waals surface area contributed by atoms with Crippen molar-refractivity contribution in [2.24, 2.45) is 0 Å². The molecular formula is C26H20Cl2N4O3S. The zero-order valence-corrected chi connectivity index (χ0v) is 21.6. The van der Waals surface area contributed by atoms with Crippen LogP contribution in [0.4, 0.5) is 0 Å². The molecule has 5 rings (SSSR count). The van der Waals surface area contributed by atoms with E-state index < -0.39 is 0 Å². The molecule has 0 radical (unpaired) electrons. The molecule has 0 bridgehead atoms. The lowest BCUT2D eigenvalue weighted by atomic mass is 10.1. The van der Waals surface area contributed by atoms with E-state index in [-0.39, 0.29) is 5.56 Å². The molecule has 0 amide bonds. The predicted molar refractivity (Wildman–Crippen MR) is 145 cm³/mol. The number of fused-ring (bicyclic) bond motifs is 1. The number of ether oxygens (including phenoxy) is 2. The van der Waals surface area contributed by atoms with Crippen molar-refractivity contribution in [2.75, 3.05) is 14.2 Å². The second-order valence-electron chi connectivity index (χ2n) is 7.80. The molecular weight excluding hydrogens is 519 g/mol. The van der Waals surface area contributed by atoms with Crippen LogP contribution in [0.2, 0.25) is 10.0 Å². The van der Waals surface area contributed by atoms with Crippen LogP contribution in [0, 0.1) is 0 Å². The van der Waals surface area contributed by atoms with Crippen LogP contribution >= 0.6 is 35.0 Å². The summed E-state index contributed by atoms with van der Waals surface area (Å²) in [5.74, 6) is 1.89. The lowest BCUT2D eigenvalue weighted by Crippen LogP contribution is -2.11. The van der Waals surface area contributed by atoms with Gasteiger partial charge in [-0.25, -0.2) is 9.97 Å². The van der Waals surface area contributed by atoms with Gasteiger partial charge >= 0.3 is 0 Å². The molecule has 5 aromatic rings. The van der Waals surface area contributed by atoms with Gasteiger partial charge < -0.3 is 19.4 Å². The highest BCUT2D eigenvalue weighted by atomic mass is 35.5. The summed E-state index contributed by atoms with van der Waals surface area (Å²) in [4.78, 5) is 28.4. The van der Waals surface area contributed by atoms with Crippen molar-refractivity contribution in [1.29, 1.82) is 0 Å². The van der Waals surface area contributed by atoms with E-state index in [1.165, 1.54) is 18.9 Å². The summed E-state index contributed by atoms with van der Waals surface area (Å²) >= 11 is 13.6. The Balaban J connectivity index is 1.48. The van der Waals surface area contributed by atoms with E-state index >= 15 is 0 Å². The van der Waals surface area contributed by atoms with E-state index in [1.54, 1.807) is 19.2 Å². The van der Waals surface area contributed by atoms with Gasteiger partial charge in [0.15, 0.2) is 16.7 Å². The first-order valence-corrected chi connectivity index (χ1v) is 12.6. The van der Waals surface area contributed by atoms with Crippen molar-refractivity contribution in [3.63, 3.8) is 0 Å². The number of aromatic nitrogens is 4. The molecule has 36 heavy (non-hydrogen) atoms. The van der Waals surface area contributed by atoms with Crippen LogP contribution in [0.3, 0.4) is 0 Å². The minimum Gasteiger partial charge on any atom is -0.493 e. The molecule has 2 N–H and O–H groups in total. The number of H-pyrrole nitrogens is 2. The van der Waals surface area contributed by atoms with Crippen LogP contribution in [-0.2, 0) is 5.75 Å². The summed E-state index contributed by atoms with van der Waals surface area (Å²) in [7, 11) is 3.07. The van der Waals surface area contributed by atoms with Crippen LogP contribution in [0.15, 0.2) is 70.6 Å². The molecule has 0 atom stereocenters. The highest BCUT2D eigenvalue weighted by Gasteiger charge is 2.16. The molecule has 10 heteroatoms. The number of halogens is 2. The van der Waals surface area contributed by atoms with Crippen molar-refractivity contribution < 1.29 is 9.47 Å². The molecule has 2 heterocycles. The number of methoxy groups -OCH3 is 2. The molecule has 0 saturated carbocycles. The predicted octanol–water partition coefficient (Wildman–Crippen LogP) is 6.60. The number of aromatic amines is 2. The Morgan fingerprint density at radius 3 is 2.08 bits per heavy atom. The van der Waals surface area contributed by atoms with Gasteiger partial charge in [-0.2, -0.15) is 0 Å². The van der Waals surface area contributed by atoms with E-state index in [9.17, 15) is 4.79 Å². The third-order valence-electron chi connectivity index (χ3n) is 5.54. The molecule has 182 valence electrons. The standard InChI is InChI=1S/C26H20Cl2N4O3S/c1-34-20-11-18-19(12-21(20)35-2)29-22(30-25(18)33)13-36-26-31-23(14-3-7-16(27)8-4-14)24(32-26)15-5-9-17(28)10-6-15/h3-12H,13H2,1-2H3,(H,31,32)(H,29,30,33). The Morgan fingerprint density at radius 2 is 1.44 bits per heavy atom. The maximum absolute atomic E-state index is 12.7. The number of benzene rings is 3. The highest BCUT2D eigenvalue weighted by molar-refractivity contribution is 7.98. The molecule has 0 unspecified atom stereocenters. The maximum Gasteiger partial charge on any atom is 0.258 e. The Morgan fingerprint density at radius 1 is 0.833 bits per heavy atom. The average molecular weight is 539 g/mol. The van der Waals surface area contributed by atoms with E-state index in [4.69, 9.17) is 37.7 Å². The molecule has 0 saturated heterocycles. The van der Waals surface area contributed by atoms with E-state index in [2.05, 4.69) is 15.0 Å². The first-order chi connectivity index (χ1) is 17.4. The van der Waals surface area contributed by atoms with Gasteiger partial charge in [-0.3, -0.25) is 4.79 Å². The first kappa shape index (κ1) is 24.2. The number of nitrogens with one attached hydrogen (secondary N) is 2. The Bertz CT molecular complexity index is 1540. The van der Waals surface area contributed by atoms with Crippen molar-refractivity contribution in [2.45, 2.75) is 10.9 Å². The zero-order chi connectivity index (χ0) is 25.2. The van der Waals surface area contributed by atoms with Gasteiger partial charge in [0.1, 0.15) is 5.82 Å². The average Bonchev–Trinajstić information content (AvgIpc) is 3.32. The fourth-order valence-electron chi connectivity index (χ4n) is 3.78. The lowest BCUT2D eigenvalue weighted by Gasteiger charge is -2.09. The van der Waals surface area contributed by atoms with E-state index in [0.717, 1.165) is 22.5 Å². The molecule has 0 aliphatic heterocycles. The van der Waals surface area contributed by atoms with Gasteiger partial charge in [-0.15, -0.1) is 0 Å². The van der Waals surface area contributed by atoms with Gasteiger partial charge in [0, 0.05) is 27.2 Å². The Labute approximate surface area is 220 Å². The van der Waals surface area contributed by atoms with E-state index in [0.29, 0.717) is 49.2 Å². The topological polar surface area (TPSA) is 92.9 Å². The largest absolute Gasteiger partial charge is 0.493 e. The molecule has 0 spiro atoms. The van der Waals surface area contributed by atoms with E-state index in [1.807, 2.05) is 48.5 Å². The third kappa shape index (κ3) is 4.93. The van der Waals surface area contributed by atoms with Crippen LogP contribution in [0.25, 0.3) is 33.4 Å². The normalized spacial score (nSPS) is 11.1. The van der Waals surface area contributed by atoms with Gasteiger partial charge in [0.2, 0.25) is 0 Å². The first-order valence-electron chi connectivity index (χ1n) is 10.8. The zero-order valence-electron chi connectivity index (χ0n) is 19.3. The smallest absolute Gasteiger partial charge is 0.258 e. The highest BCUT2D eigenvalue weighted by Crippen LogP contribution is 2.35. The van der Waals surface area contributed by atoms with Gasteiger partial charge in [-0.05, 0) is 30.3 Å². The summed E-state index contributed by atoms with van der Waals surface area (Å²) in [6.07, 6.45) is 0. The summed E-state index contributed by atoms with van der Waals surface area (Å²) in [5, 5.41) is 2.41. The van der Waals surface area contributed by atoms with Crippen LogP contribution in [0.5, 0.6) is 11.5 Å².